The van der Waals surface area contributed by atoms with E-state index in [-0.39, 0.29) is 12.5 Å². The van der Waals surface area contributed by atoms with E-state index in [4.69, 9.17) is 9.26 Å². The SMILES string of the molecule is CCCn1ccc2cc(NC(=O)COc3cc(C)on3)ccc21. The number of nitrogens with zero attached hydrogens (tertiary/aromatic N) is 2. The van der Waals surface area contributed by atoms with Crippen molar-refractivity contribution in [3.05, 3.63) is 42.3 Å². The monoisotopic (exact) mass is 313 g/mol. The summed E-state index contributed by atoms with van der Waals surface area (Å²) >= 11 is 0. The van der Waals surface area contributed by atoms with Crippen LogP contribution in [-0.4, -0.2) is 22.2 Å². The number of fused-ring (bicyclic) bond motifs is 1. The molecule has 0 saturated carbocycles. The number of anilines is 1. The summed E-state index contributed by atoms with van der Waals surface area (Å²) in [6, 6.07) is 9.56. The second kappa shape index (κ2) is 6.56. The molecule has 0 fully saturated rings. The Morgan fingerprint density at radius 3 is 2.96 bits per heavy atom. The van der Waals surface area contributed by atoms with Crippen LogP contribution < -0.4 is 10.1 Å². The highest BCUT2D eigenvalue weighted by molar-refractivity contribution is 5.94. The van der Waals surface area contributed by atoms with Crippen LogP contribution in [-0.2, 0) is 11.3 Å². The van der Waals surface area contributed by atoms with Crippen LogP contribution in [0.1, 0.15) is 19.1 Å². The average Bonchev–Trinajstić information content (AvgIpc) is 3.12. The second-order valence-electron chi connectivity index (χ2n) is 5.40. The first kappa shape index (κ1) is 15.1. The van der Waals surface area contributed by atoms with Gasteiger partial charge < -0.3 is 19.1 Å². The summed E-state index contributed by atoms with van der Waals surface area (Å²) in [5.41, 5.74) is 1.91. The lowest BCUT2D eigenvalue weighted by atomic mass is 10.2. The highest BCUT2D eigenvalue weighted by Gasteiger charge is 2.08. The third-order valence-corrected chi connectivity index (χ3v) is 3.48. The molecule has 6 nitrogen and oxygen atoms in total. The van der Waals surface area contributed by atoms with Crippen LogP contribution in [0.5, 0.6) is 5.88 Å². The topological polar surface area (TPSA) is 69.3 Å². The van der Waals surface area contributed by atoms with Gasteiger partial charge in [-0.3, -0.25) is 4.79 Å². The maximum Gasteiger partial charge on any atom is 0.262 e. The van der Waals surface area contributed by atoms with Crippen LogP contribution in [0.4, 0.5) is 5.69 Å². The van der Waals surface area contributed by atoms with Gasteiger partial charge in [-0.1, -0.05) is 6.92 Å². The number of carbonyl (C=O) groups is 1. The average molecular weight is 313 g/mol. The first-order valence-electron chi connectivity index (χ1n) is 7.60. The number of hydrogen-bond acceptors (Lipinski definition) is 4. The van der Waals surface area contributed by atoms with Crippen LogP contribution in [0, 0.1) is 6.92 Å². The maximum atomic E-state index is 11.9. The molecule has 1 N–H and O–H groups in total. The first-order chi connectivity index (χ1) is 11.2. The van der Waals surface area contributed by atoms with Crippen molar-refractivity contribution >= 4 is 22.5 Å². The molecule has 0 aliphatic carbocycles. The van der Waals surface area contributed by atoms with E-state index in [1.807, 2.05) is 18.2 Å². The molecule has 0 aliphatic rings. The minimum atomic E-state index is -0.238. The van der Waals surface area contributed by atoms with E-state index in [0.717, 1.165) is 24.0 Å². The molecule has 23 heavy (non-hydrogen) atoms. The molecule has 0 bridgehead atoms. The minimum Gasteiger partial charge on any atom is -0.465 e. The largest absolute Gasteiger partial charge is 0.465 e. The highest BCUT2D eigenvalue weighted by Crippen LogP contribution is 2.21. The Bertz CT molecular complexity index is 819. The van der Waals surface area contributed by atoms with Crippen LogP contribution in [0.3, 0.4) is 0 Å². The summed E-state index contributed by atoms with van der Waals surface area (Å²) < 4.78 is 12.3. The Morgan fingerprint density at radius 1 is 1.35 bits per heavy atom. The Kier molecular flexibility index (Phi) is 4.32. The van der Waals surface area contributed by atoms with Crippen molar-refractivity contribution in [2.75, 3.05) is 11.9 Å². The quantitative estimate of drug-likeness (QED) is 0.757. The van der Waals surface area contributed by atoms with E-state index in [0.29, 0.717) is 11.6 Å². The zero-order valence-electron chi connectivity index (χ0n) is 13.2. The molecule has 0 radical (unpaired) electrons. The predicted octanol–water partition coefficient (Wildman–Crippen LogP) is 3.37. The van der Waals surface area contributed by atoms with Crippen LogP contribution in [0.15, 0.2) is 41.1 Å². The minimum absolute atomic E-state index is 0.110. The van der Waals surface area contributed by atoms with Gasteiger partial charge in [0.15, 0.2) is 6.61 Å². The lowest BCUT2D eigenvalue weighted by Gasteiger charge is -2.07. The lowest BCUT2D eigenvalue weighted by molar-refractivity contribution is -0.118. The molecule has 0 atom stereocenters. The summed E-state index contributed by atoms with van der Waals surface area (Å²) in [6.07, 6.45) is 3.15. The third-order valence-electron chi connectivity index (χ3n) is 3.48. The van der Waals surface area contributed by atoms with Gasteiger partial charge in [0.2, 0.25) is 0 Å². The number of ether oxygens (including phenoxy) is 1. The molecule has 0 aliphatic heterocycles. The number of aromatic nitrogens is 2. The number of rotatable bonds is 6. The van der Waals surface area contributed by atoms with Crippen molar-refractivity contribution in [3.8, 4) is 5.88 Å². The number of amides is 1. The van der Waals surface area contributed by atoms with E-state index in [2.05, 4.69) is 34.2 Å². The van der Waals surface area contributed by atoms with Crippen LogP contribution >= 0.6 is 0 Å². The predicted molar refractivity (Wildman–Crippen MR) is 87.6 cm³/mol. The number of benzene rings is 1. The standard InChI is InChI=1S/C17H19N3O3/c1-3-7-20-8-6-13-10-14(4-5-15(13)20)18-16(21)11-22-17-9-12(2)23-19-17/h4-6,8-10H,3,7,11H2,1-2H3,(H,18,21). The molecule has 3 aromatic rings. The lowest BCUT2D eigenvalue weighted by Crippen LogP contribution is -2.20. The molecular formula is C17H19N3O3. The molecule has 2 aromatic heterocycles. The Morgan fingerprint density at radius 2 is 2.22 bits per heavy atom. The van der Waals surface area contributed by atoms with Gasteiger partial charge in [-0.15, -0.1) is 0 Å². The molecule has 1 aromatic carbocycles. The summed E-state index contributed by atoms with van der Waals surface area (Å²) in [5.74, 6) is 0.713. The fourth-order valence-corrected chi connectivity index (χ4v) is 2.46. The Labute approximate surface area is 134 Å². The van der Waals surface area contributed by atoms with E-state index >= 15 is 0 Å². The number of nitrogens with one attached hydrogen (secondary N) is 1. The summed E-state index contributed by atoms with van der Waals surface area (Å²) in [6.45, 7) is 4.79. The van der Waals surface area contributed by atoms with Gasteiger partial charge in [0.25, 0.3) is 11.8 Å². The molecule has 0 unspecified atom stereocenters. The number of hydrogen-bond donors (Lipinski definition) is 1. The van der Waals surface area contributed by atoms with Gasteiger partial charge in [0.1, 0.15) is 5.76 Å². The van der Waals surface area contributed by atoms with Crippen molar-refractivity contribution < 1.29 is 14.1 Å². The second-order valence-corrected chi connectivity index (χ2v) is 5.40. The molecule has 0 saturated heterocycles. The van der Waals surface area contributed by atoms with Crippen LogP contribution in [0.25, 0.3) is 10.9 Å². The van der Waals surface area contributed by atoms with Crippen molar-refractivity contribution in [3.63, 3.8) is 0 Å². The van der Waals surface area contributed by atoms with Gasteiger partial charge in [0, 0.05) is 35.4 Å². The van der Waals surface area contributed by atoms with Crippen molar-refractivity contribution in [2.45, 2.75) is 26.8 Å². The van der Waals surface area contributed by atoms with Gasteiger partial charge >= 0.3 is 0 Å². The van der Waals surface area contributed by atoms with Gasteiger partial charge in [0.05, 0.1) is 0 Å². The smallest absolute Gasteiger partial charge is 0.262 e. The molecule has 2 heterocycles. The fourth-order valence-electron chi connectivity index (χ4n) is 2.46. The van der Waals surface area contributed by atoms with Crippen molar-refractivity contribution in [1.82, 2.24) is 9.72 Å². The Balaban J connectivity index is 1.63. The molecule has 120 valence electrons. The summed E-state index contributed by atoms with van der Waals surface area (Å²) in [7, 11) is 0. The van der Waals surface area contributed by atoms with Gasteiger partial charge in [-0.25, -0.2) is 0 Å². The zero-order chi connectivity index (χ0) is 16.2. The van der Waals surface area contributed by atoms with Crippen molar-refractivity contribution in [1.29, 1.82) is 0 Å². The first-order valence-corrected chi connectivity index (χ1v) is 7.60. The van der Waals surface area contributed by atoms with Crippen LogP contribution in [0.2, 0.25) is 0 Å². The molecule has 1 amide bonds. The zero-order valence-corrected chi connectivity index (χ0v) is 13.2. The Hall–Kier alpha value is -2.76. The molecule has 6 heteroatoms. The molecule has 3 rings (SSSR count). The maximum absolute atomic E-state index is 11.9. The van der Waals surface area contributed by atoms with E-state index in [9.17, 15) is 4.79 Å². The summed E-state index contributed by atoms with van der Waals surface area (Å²) in [4.78, 5) is 11.9. The molecular weight excluding hydrogens is 294 g/mol. The van der Waals surface area contributed by atoms with E-state index in [1.165, 1.54) is 5.52 Å². The molecule has 0 spiro atoms. The fraction of sp³-hybridized carbons (Fsp3) is 0.294. The van der Waals surface area contributed by atoms with E-state index < -0.39 is 0 Å². The van der Waals surface area contributed by atoms with Gasteiger partial charge in [-0.05, 0) is 42.8 Å². The number of carbonyl (C=O) groups excluding carboxylic acids is 1. The third kappa shape index (κ3) is 3.53. The van der Waals surface area contributed by atoms with Gasteiger partial charge in [-0.2, -0.15) is 0 Å². The van der Waals surface area contributed by atoms with E-state index in [1.54, 1.807) is 13.0 Å². The number of aryl methyl sites for hydroxylation is 2. The summed E-state index contributed by atoms with van der Waals surface area (Å²) in [5, 5.41) is 7.60. The van der Waals surface area contributed by atoms with Crippen molar-refractivity contribution in [2.24, 2.45) is 0 Å². The normalized spacial score (nSPS) is 10.9. The highest BCUT2D eigenvalue weighted by atomic mass is 16.5.